The van der Waals surface area contributed by atoms with E-state index in [1.54, 1.807) is 4.90 Å². The van der Waals surface area contributed by atoms with E-state index >= 15 is 0 Å². The first-order valence-corrected chi connectivity index (χ1v) is 8.87. The monoisotopic (exact) mass is 336 g/mol. The van der Waals surface area contributed by atoms with Crippen LogP contribution in [0.3, 0.4) is 0 Å². The van der Waals surface area contributed by atoms with Crippen LogP contribution >= 0.6 is 0 Å². The summed E-state index contributed by atoms with van der Waals surface area (Å²) in [4.78, 5) is 18.1. The Bertz CT molecular complexity index is 540. The van der Waals surface area contributed by atoms with Crippen molar-refractivity contribution in [3.8, 4) is 0 Å². The van der Waals surface area contributed by atoms with Gasteiger partial charge in [-0.05, 0) is 38.1 Å². The van der Waals surface area contributed by atoms with Crippen molar-refractivity contribution in [2.75, 3.05) is 50.7 Å². The zero-order valence-electron chi connectivity index (χ0n) is 15.0. The lowest BCUT2D eigenvalue weighted by molar-refractivity contribution is 0.203. The van der Waals surface area contributed by atoms with Gasteiger partial charge in [0.2, 0.25) is 0 Å². The lowest BCUT2D eigenvalue weighted by Crippen LogP contribution is -2.46. The van der Waals surface area contributed by atoms with E-state index in [2.05, 4.69) is 22.0 Å². The first kappa shape index (κ1) is 18.5. The lowest BCUT2D eigenvalue weighted by Gasteiger charge is -2.35. The highest BCUT2D eigenvalue weighted by Gasteiger charge is 2.18. The number of likely N-dealkylation sites (N-methyl/N-ethyl adjacent to an activating group) is 1. The van der Waals surface area contributed by atoms with Gasteiger partial charge >= 0.3 is 6.03 Å². The Labute approximate surface area is 144 Å². The van der Waals surface area contributed by atoms with Crippen molar-refractivity contribution >= 4 is 11.7 Å². The zero-order chi connectivity index (χ0) is 17.5. The van der Waals surface area contributed by atoms with E-state index < -0.39 is 0 Å². The molecule has 0 aromatic heterocycles. The average Bonchev–Trinajstić information content (AvgIpc) is 2.61. The highest BCUT2D eigenvalue weighted by molar-refractivity contribution is 5.74. The molecule has 1 aliphatic heterocycles. The van der Waals surface area contributed by atoms with Crippen LogP contribution in [0.25, 0.3) is 0 Å². The summed E-state index contributed by atoms with van der Waals surface area (Å²) in [7, 11) is 0. The van der Waals surface area contributed by atoms with Gasteiger partial charge in [-0.2, -0.15) is 0 Å². The second-order valence-corrected chi connectivity index (χ2v) is 6.04. The number of benzene rings is 1. The number of nitrogens with one attached hydrogen (secondary N) is 1. The predicted octanol–water partition coefficient (Wildman–Crippen LogP) is 2.52. The van der Waals surface area contributed by atoms with E-state index in [1.165, 1.54) is 6.07 Å². The number of nitrogens with zero attached hydrogens (tertiary/aromatic N) is 3. The largest absolute Gasteiger partial charge is 0.367 e. The lowest BCUT2D eigenvalue weighted by atomic mass is 10.1. The van der Waals surface area contributed by atoms with Crippen LogP contribution in [0, 0.1) is 5.82 Å². The molecule has 6 heteroatoms. The molecule has 0 bridgehead atoms. The zero-order valence-corrected chi connectivity index (χ0v) is 15.0. The quantitative estimate of drug-likeness (QED) is 0.868. The fourth-order valence-electron chi connectivity index (χ4n) is 3.02. The number of urea groups is 1. The standard InChI is InChI=1S/C18H29FN4O/c1-4-21-9-11-23(12-10-21)17-8-7-15(13-16(17)19)14-20-18(24)22(5-2)6-3/h7-8,13H,4-6,9-12,14H2,1-3H3,(H,20,24). The molecule has 1 saturated heterocycles. The minimum absolute atomic E-state index is 0.111. The van der Waals surface area contributed by atoms with E-state index in [0.29, 0.717) is 25.3 Å². The predicted molar refractivity (Wildman–Crippen MR) is 95.9 cm³/mol. The van der Waals surface area contributed by atoms with Gasteiger partial charge < -0.3 is 20.0 Å². The van der Waals surface area contributed by atoms with Crippen molar-refractivity contribution in [1.29, 1.82) is 0 Å². The van der Waals surface area contributed by atoms with Crippen LogP contribution in [-0.2, 0) is 6.54 Å². The number of amides is 2. The minimum Gasteiger partial charge on any atom is -0.367 e. The Morgan fingerprint density at radius 3 is 2.38 bits per heavy atom. The molecule has 0 aliphatic carbocycles. The van der Waals surface area contributed by atoms with Crippen molar-refractivity contribution < 1.29 is 9.18 Å². The molecule has 0 unspecified atom stereocenters. The Hall–Kier alpha value is -1.82. The summed E-state index contributed by atoms with van der Waals surface area (Å²) in [6.45, 7) is 12.4. The molecule has 1 N–H and O–H groups in total. The molecule has 1 heterocycles. The summed E-state index contributed by atoms with van der Waals surface area (Å²) in [5.74, 6) is -0.213. The third kappa shape index (κ3) is 4.60. The van der Waals surface area contributed by atoms with Crippen LogP contribution in [0.1, 0.15) is 26.3 Å². The van der Waals surface area contributed by atoms with Gasteiger partial charge in [-0.1, -0.05) is 13.0 Å². The molecule has 1 aromatic rings. The van der Waals surface area contributed by atoms with Crippen molar-refractivity contribution in [1.82, 2.24) is 15.1 Å². The van der Waals surface area contributed by atoms with Crippen LogP contribution in [-0.4, -0.2) is 61.6 Å². The smallest absolute Gasteiger partial charge is 0.317 e. The Kier molecular flexibility index (Phi) is 6.85. The van der Waals surface area contributed by atoms with Crippen LogP contribution in [0.2, 0.25) is 0 Å². The molecule has 1 aromatic carbocycles. The number of anilines is 1. The summed E-state index contributed by atoms with van der Waals surface area (Å²) >= 11 is 0. The second kappa shape index (κ2) is 8.87. The Morgan fingerprint density at radius 1 is 1.17 bits per heavy atom. The molecule has 5 nitrogen and oxygen atoms in total. The topological polar surface area (TPSA) is 38.8 Å². The number of rotatable bonds is 6. The molecule has 24 heavy (non-hydrogen) atoms. The molecule has 1 aliphatic rings. The van der Waals surface area contributed by atoms with Crippen molar-refractivity contribution in [3.05, 3.63) is 29.6 Å². The summed E-state index contributed by atoms with van der Waals surface area (Å²) < 4.78 is 14.5. The molecule has 0 spiro atoms. The van der Waals surface area contributed by atoms with Crippen LogP contribution in [0.5, 0.6) is 0 Å². The first-order valence-electron chi connectivity index (χ1n) is 8.87. The van der Waals surface area contributed by atoms with Gasteiger partial charge in [0.15, 0.2) is 0 Å². The fourth-order valence-corrected chi connectivity index (χ4v) is 3.02. The summed E-state index contributed by atoms with van der Waals surface area (Å²) in [6.07, 6.45) is 0. The fraction of sp³-hybridized carbons (Fsp3) is 0.611. The minimum atomic E-state index is -0.213. The number of carbonyl (C=O) groups is 1. The van der Waals surface area contributed by atoms with Gasteiger partial charge in [-0.25, -0.2) is 9.18 Å². The molecule has 1 fully saturated rings. The number of carbonyl (C=O) groups excluding carboxylic acids is 1. The highest BCUT2D eigenvalue weighted by atomic mass is 19.1. The maximum Gasteiger partial charge on any atom is 0.317 e. The number of piperazine rings is 1. The van der Waals surface area contributed by atoms with Crippen molar-refractivity contribution in [2.45, 2.75) is 27.3 Å². The maximum absolute atomic E-state index is 14.5. The summed E-state index contributed by atoms with van der Waals surface area (Å²) in [6, 6.07) is 5.15. The van der Waals surface area contributed by atoms with Crippen LogP contribution in [0.15, 0.2) is 18.2 Å². The van der Waals surface area contributed by atoms with Gasteiger partial charge in [-0.3, -0.25) is 0 Å². The van der Waals surface area contributed by atoms with Gasteiger partial charge in [-0.15, -0.1) is 0 Å². The van der Waals surface area contributed by atoms with E-state index in [0.717, 1.165) is 38.3 Å². The third-order valence-electron chi connectivity index (χ3n) is 4.67. The van der Waals surface area contributed by atoms with Gasteiger partial charge in [0.05, 0.1) is 5.69 Å². The highest BCUT2D eigenvalue weighted by Crippen LogP contribution is 2.22. The molecular weight excluding hydrogens is 307 g/mol. The number of hydrogen-bond acceptors (Lipinski definition) is 3. The molecule has 134 valence electrons. The van der Waals surface area contributed by atoms with E-state index in [9.17, 15) is 9.18 Å². The first-order chi connectivity index (χ1) is 11.6. The Morgan fingerprint density at radius 2 is 1.83 bits per heavy atom. The molecule has 0 saturated carbocycles. The normalized spacial score (nSPS) is 15.4. The number of hydrogen-bond donors (Lipinski definition) is 1. The van der Waals surface area contributed by atoms with Crippen LogP contribution in [0.4, 0.5) is 14.9 Å². The summed E-state index contributed by atoms with van der Waals surface area (Å²) in [5.41, 5.74) is 1.44. The SMILES string of the molecule is CCN1CCN(c2ccc(CNC(=O)N(CC)CC)cc2F)CC1. The van der Waals surface area contributed by atoms with E-state index in [1.807, 2.05) is 26.0 Å². The average molecular weight is 336 g/mol. The maximum atomic E-state index is 14.5. The molecule has 0 radical (unpaired) electrons. The molecule has 0 atom stereocenters. The van der Waals surface area contributed by atoms with Gasteiger partial charge in [0.25, 0.3) is 0 Å². The summed E-state index contributed by atoms with van der Waals surface area (Å²) in [5, 5.41) is 2.84. The van der Waals surface area contributed by atoms with Gasteiger partial charge in [0, 0.05) is 45.8 Å². The molecule has 2 amide bonds. The van der Waals surface area contributed by atoms with E-state index in [-0.39, 0.29) is 11.8 Å². The van der Waals surface area contributed by atoms with Crippen molar-refractivity contribution in [2.24, 2.45) is 0 Å². The third-order valence-corrected chi connectivity index (χ3v) is 4.67. The second-order valence-electron chi connectivity index (χ2n) is 6.04. The van der Waals surface area contributed by atoms with Crippen LogP contribution < -0.4 is 10.2 Å². The number of halogens is 1. The van der Waals surface area contributed by atoms with Crippen molar-refractivity contribution in [3.63, 3.8) is 0 Å². The van der Waals surface area contributed by atoms with Gasteiger partial charge in [0.1, 0.15) is 5.82 Å². The van der Waals surface area contributed by atoms with E-state index in [4.69, 9.17) is 0 Å². The molecule has 2 rings (SSSR count). The molecular formula is C18H29FN4O. The Balaban J connectivity index is 1.94.